The minimum Gasteiger partial charge on any atom is -0.206 e. The molecule has 126 valence electrons. The zero-order valence-electron chi connectivity index (χ0n) is 13.6. The third-order valence-corrected chi connectivity index (χ3v) is 5.00. The standard InChI is InChI=1S/C20H16FNO2S/c1-15-11-13-17(14-12-15)25(23,24)22-20(16-7-3-2-4-8-16)18-9-5-6-10-19(18)21/h2-14H,1H3/b22-20-. The van der Waals surface area contributed by atoms with E-state index >= 15 is 0 Å². The highest BCUT2D eigenvalue weighted by atomic mass is 32.2. The summed E-state index contributed by atoms with van der Waals surface area (Å²) in [6, 6.07) is 21.1. The van der Waals surface area contributed by atoms with E-state index in [0.29, 0.717) is 5.56 Å². The molecule has 0 fully saturated rings. The molecule has 3 nitrogen and oxygen atoms in total. The monoisotopic (exact) mass is 353 g/mol. The summed E-state index contributed by atoms with van der Waals surface area (Å²) in [5, 5.41) is 0. The van der Waals surface area contributed by atoms with Crippen LogP contribution in [0.2, 0.25) is 0 Å². The van der Waals surface area contributed by atoms with Crippen LogP contribution in [0.5, 0.6) is 0 Å². The molecule has 0 atom stereocenters. The summed E-state index contributed by atoms with van der Waals surface area (Å²) < 4.78 is 43.6. The van der Waals surface area contributed by atoms with Gasteiger partial charge in [-0.3, -0.25) is 0 Å². The second kappa shape index (κ2) is 6.99. The fourth-order valence-electron chi connectivity index (χ4n) is 2.39. The van der Waals surface area contributed by atoms with Crippen molar-refractivity contribution in [2.45, 2.75) is 11.8 Å². The van der Waals surface area contributed by atoms with Crippen LogP contribution in [-0.4, -0.2) is 14.1 Å². The normalized spacial score (nSPS) is 12.2. The third-order valence-electron chi connectivity index (χ3n) is 3.71. The summed E-state index contributed by atoms with van der Waals surface area (Å²) in [6.07, 6.45) is 0. The fourth-order valence-corrected chi connectivity index (χ4v) is 3.42. The number of hydrogen-bond donors (Lipinski definition) is 0. The SMILES string of the molecule is Cc1ccc(S(=O)(=O)/N=C(/c2ccccc2)c2ccccc2F)cc1. The van der Waals surface area contributed by atoms with Crippen molar-refractivity contribution in [1.29, 1.82) is 0 Å². The highest BCUT2D eigenvalue weighted by Gasteiger charge is 2.18. The van der Waals surface area contributed by atoms with E-state index in [-0.39, 0.29) is 16.2 Å². The van der Waals surface area contributed by atoms with Gasteiger partial charge in [0.05, 0.1) is 10.6 Å². The molecule has 0 heterocycles. The third kappa shape index (κ3) is 3.83. The fraction of sp³-hybridized carbons (Fsp3) is 0.0500. The first kappa shape index (κ1) is 17.0. The van der Waals surface area contributed by atoms with Gasteiger partial charge in [0, 0.05) is 11.1 Å². The van der Waals surface area contributed by atoms with Crippen LogP contribution in [0.25, 0.3) is 0 Å². The van der Waals surface area contributed by atoms with Crippen LogP contribution in [0.3, 0.4) is 0 Å². The van der Waals surface area contributed by atoms with Crippen LogP contribution in [0.4, 0.5) is 4.39 Å². The zero-order valence-corrected chi connectivity index (χ0v) is 14.4. The number of halogens is 1. The van der Waals surface area contributed by atoms with E-state index in [9.17, 15) is 12.8 Å². The lowest BCUT2D eigenvalue weighted by molar-refractivity contribution is 0.598. The Kier molecular flexibility index (Phi) is 4.76. The molecular weight excluding hydrogens is 337 g/mol. The maximum atomic E-state index is 14.3. The van der Waals surface area contributed by atoms with Gasteiger partial charge in [-0.05, 0) is 31.2 Å². The Morgan fingerprint density at radius 3 is 2.08 bits per heavy atom. The molecule has 0 amide bonds. The molecule has 3 aromatic rings. The van der Waals surface area contributed by atoms with Gasteiger partial charge in [0.1, 0.15) is 5.82 Å². The lowest BCUT2D eigenvalue weighted by Crippen LogP contribution is -2.10. The van der Waals surface area contributed by atoms with Gasteiger partial charge in [-0.2, -0.15) is 12.8 Å². The average Bonchev–Trinajstić information content (AvgIpc) is 2.61. The molecule has 3 rings (SSSR count). The number of aryl methyl sites for hydroxylation is 1. The summed E-state index contributed by atoms with van der Waals surface area (Å²) in [5.74, 6) is -0.524. The van der Waals surface area contributed by atoms with Crippen LogP contribution >= 0.6 is 0 Å². The Hall–Kier alpha value is -2.79. The molecule has 0 saturated heterocycles. The molecule has 0 saturated carbocycles. The second-order valence-corrected chi connectivity index (χ2v) is 7.18. The van der Waals surface area contributed by atoms with Gasteiger partial charge >= 0.3 is 0 Å². The lowest BCUT2D eigenvalue weighted by atomic mass is 10.0. The smallest absolute Gasteiger partial charge is 0.206 e. The first-order valence-electron chi connectivity index (χ1n) is 7.69. The number of rotatable bonds is 4. The van der Waals surface area contributed by atoms with Crippen LogP contribution in [0, 0.1) is 12.7 Å². The van der Waals surface area contributed by atoms with Crippen molar-refractivity contribution in [3.63, 3.8) is 0 Å². The Morgan fingerprint density at radius 2 is 1.44 bits per heavy atom. The Bertz CT molecular complexity index is 1010. The Labute approximate surface area is 146 Å². The first-order chi connectivity index (χ1) is 12.0. The quantitative estimate of drug-likeness (QED) is 0.654. The van der Waals surface area contributed by atoms with Gasteiger partial charge in [0.2, 0.25) is 0 Å². The topological polar surface area (TPSA) is 46.5 Å². The van der Waals surface area contributed by atoms with Crippen molar-refractivity contribution in [3.05, 3.63) is 101 Å². The maximum Gasteiger partial charge on any atom is 0.282 e. The van der Waals surface area contributed by atoms with E-state index in [0.717, 1.165) is 5.56 Å². The van der Waals surface area contributed by atoms with Gasteiger partial charge in [-0.15, -0.1) is 0 Å². The van der Waals surface area contributed by atoms with Gasteiger partial charge in [0.25, 0.3) is 10.0 Å². The van der Waals surface area contributed by atoms with Crippen molar-refractivity contribution >= 4 is 15.7 Å². The molecule has 25 heavy (non-hydrogen) atoms. The van der Waals surface area contributed by atoms with Crippen molar-refractivity contribution in [2.24, 2.45) is 4.40 Å². The van der Waals surface area contributed by atoms with Crippen molar-refractivity contribution in [2.75, 3.05) is 0 Å². The van der Waals surface area contributed by atoms with Gasteiger partial charge < -0.3 is 0 Å². The van der Waals surface area contributed by atoms with Crippen LogP contribution in [0.15, 0.2) is 88.2 Å². The van der Waals surface area contributed by atoms with Gasteiger partial charge in [-0.25, -0.2) is 4.39 Å². The highest BCUT2D eigenvalue weighted by molar-refractivity contribution is 7.90. The summed E-state index contributed by atoms with van der Waals surface area (Å²) in [5.41, 5.74) is 1.70. The molecule has 0 aliphatic rings. The summed E-state index contributed by atoms with van der Waals surface area (Å²) in [7, 11) is -3.97. The van der Waals surface area contributed by atoms with E-state index in [2.05, 4.69) is 4.40 Å². The van der Waals surface area contributed by atoms with E-state index in [1.165, 1.54) is 24.3 Å². The molecule has 0 aliphatic carbocycles. The molecule has 0 spiro atoms. The molecule has 0 N–H and O–H groups in total. The number of benzene rings is 3. The molecular formula is C20H16FNO2S. The van der Waals surface area contributed by atoms with E-state index in [4.69, 9.17) is 0 Å². The van der Waals surface area contributed by atoms with Crippen LogP contribution in [0.1, 0.15) is 16.7 Å². The summed E-state index contributed by atoms with van der Waals surface area (Å²) >= 11 is 0. The second-order valence-electron chi connectivity index (χ2n) is 5.57. The van der Waals surface area contributed by atoms with Crippen molar-refractivity contribution in [1.82, 2.24) is 0 Å². The molecule has 0 aliphatic heterocycles. The largest absolute Gasteiger partial charge is 0.282 e. The maximum absolute atomic E-state index is 14.3. The molecule has 5 heteroatoms. The Balaban J connectivity index is 2.19. The van der Waals surface area contributed by atoms with Crippen molar-refractivity contribution in [3.8, 4) is 0 Å². The molecule has 0 aromatic heterocycles. The molecule has 3 aromatic carbocycles. The lowest BCUT2D eigenvalue weighted by Gasteiger charge is -2.09. The number of sulfonamides is 1. The van der Waals surface area contributed by atoms with E-state index in [1.54, 1.807) is 54.6 Å². The van der Waals surface area contributed by atoms with Crippen LogP contribution < -0.4 is 0 Å². The number of nitrogens with zero attached hydrogens (tertiary/aromatic N) is 1. The Morgan fingerprint density at radius 1 is 0.840 bits per heavy atom. The molecule has 0 radical (unpaired) electrons. The van der Waals surface area contributed by atoms with Gasteiger partial charge in [-0.1, -0.05) is 60.2 Å². The summed E-state index contributed by atoms with van der Waals surface area (Å²) in [4.78, 5) is 0.0721. The average molecular weight is 353 g/mol. The highest BCUT2D eigenvalue weighted by Crippen LogP contribution is 2.19. The first-order valence-corrected chi connectivity index (χ1v) is 9.13. The predicted octanol–water partition coefficient (Wildman–Crippen LogP) is 4.36. The van der Waals surface area contributed by atoms with E-state index in [1.807, 2.05) is 6.92 Å². The van der Waals surface area contributed by atoms with Crippen molar-refractivity contribution < 1.29 is 12.8 Å². The van der Waals surface area contributed by atoms with E-state index < -0.39 is 15.8 Å². The predicted molar refractivity (Wildman–Crippen MR) is 96.8 cm³/mol. The van der Waals surface area contributed by atoms with Gasteiger partial charge in [0.15, 0.2) is 0 Å². The number of hydrogen-bond acceptors (Lipinski definition) is 2. The zero-order chi connectivity index (χ0) is 17.9. The molecule has 0 unspecified atom stereocenters. The minimum atomic E-state index is -3.97. The van der Waals surface area contributed by atoms with Crippen LogP contribution in [-0.2, 0) is 10.0 Å². The molecule has 0 bridgehead atoms. The summed E-state index contributed by atoms with van der Waals surface area (Å²) in [6.45, 7) is 1.87. The minimum absolute atomic E-state index is 0.0721.